The summed E-state index contributed by atoms with van der Waals surface area (Å²) >= 11 is 0. The van der Waals surface area contributed by atoms with Gasteiger partial charge in [0.2, 0.25) is 5.91 Å². The van der Waals surface area contributed by atoms with Gasteiger partial charge < -0.3 is 9.88 Å². The van der Waals surface area contributed by atoms with Gasteiger partial charge in [0.1, 0.15) is 5.82 Å². The van der Waals surface area contributed by atoms with E-state index in [1.165, 1.54) is 4.57 Å². The van der Waals surface area contributed by atoms with Gasteiger partial charge in [0, 0.05) is 19.1 Å². The summed E-state index contributed by atoms with van der Waals surface area (Å²) in [4.78, 5) is 45.8. The molecule has 1 aliphatic heterocycles. The minimum atomic E-state index is -3.06. The van der Waals surface area contributed by atoms with E-state index in [0.717, 1.165) is 12.8 Å². The first-order valence-corrected chi connectivity index (χ1v) is 12.4. The number of sulfone groups is 1. The van der Waals surface area contributed by atoms with Crippen molar-refractivity contribution in [2.24, 2.45) is 0 Å². The van der Waals surface area contributed by atoms with Gasteiger partial charge in [0.25, 0.3) is 5.56 Å². The molecule has 31 heavy (non-hydrogen) atoms. The van der Waals surface area contributed by atoms with E-state index >= 15 is 0 Å². The third-order valence-corrected chi connectivity index (χ3v) is 7.21. The lowest BCUT2D eigenvalue weighted by molar-refractivity contribution is -0.122. The molecule has 0 aromatic carbocycles. The third kappa shape index (κ3) is 5.24. The Bertz CT molecular complexity index is 1180. The van der Waals surface area contributed by atoms with Crippen molar-refractivity contribution in [3.05, 3.63) is 26.7 Å². The zero-order valence-corrected chi connectivity index (χ0v) is 19.0. The van der Waals surface area contributed by atoms with E-state index in [2.05, 4.69) is 15.3 Å². The summed E-state index contributed by atoms with van der Waals surface area (Å²) in [5.41, 5.74) is -0.246. The molecule has 12 heteroatoms. The van der Waals surface area contributed by atoms with E-state index < -0.39 is 21.1 Å². The first kappa shape index (κ1) is 23.2. The molecule has 2 aromatic heterocycles. The maximum absolute atomic E-state index is 12.5. The molecule has 1 aliphatic rings. The normalized spacial score (nSPS) is 18.1. The number of fused-ring (bicyclic) bond motifs is 1. The van der Waals surface area contributed by atoms with E-state index in [9.17, 15) is 22.8 Å². The van der Waals surface area contributed by atoms with Crippen LogP contribution in [0.3, 0.4) is 0 Å². The van der Waals surface area contributed by atoms with Crippen molar-refractivity contribution >= 4 is 26.9 Å². The highest BCUT2D eigenvalue weighted by molar-refractivity contribution is 7.91. The molecule has 3 rings (SSSR count). The molecule has 0 saturated carbocycles. The number of carbonyl (C=O) groups excluding carboxylic acids is 1. The van der Waals surface area contributed by atoms with Gasteiger partial charge in [-0.25, -0.2) is 18.2 Å². The number of amides is 1. The lowest BCUT2D eigenvalue weighted by Crippen LogP contribution is -2.41. The highest BCUT2D eigenvalue weighted by atomic mass is 32.2. The minimum absolute atomic E-state index is 0.0217. The summed E-state index contributed by atoms with van der Waals surface area (Å²) in [6.45, 7) is 5.21. The van der Waals surface area contributed by atoms with Crippen molar-refractivity contribution < 1.29 is 13.2 Å². The minimum Gasteiger partial charge on any atom is -0.351 e. The summed E-state index contributed by atoms with van der Waals surface area (Å²) in [5.74, 6) is 0.397. The fourth-order valence-corrected chi connectivity index (χ4v) is 5.60. The van der Waals surface area contributed by atoms with Crippen LogP contribution in [-0.4, -0.2) is 69.5 Å². The molecular formula is C19H30N6O5S. The molecule has 0 bridgehead atoms. The van der Waals surface area contributed by atoms with Crippen LogP contribution in [0.15, 0.2) is 9.59 Å². The number of likely N-dealkylation sites (N-methyl/N-ethyl adjacent to an activating group) is 1. The molecule has 1 fully saturated rings. The van der Waals surface area contributed by atoms with Crippen LogP contribution in [0.5, 0.6) is 0 Å². The highest BCUT2D eigenvalue weighted by Gasteiger charge is 2.29. The standard InChI is InChI=1S/C19H30N6O5S/c1-4-6-8-25-17-16(18(27)22-19(25)28)24(5-2)14(21-17)10-23(3)11-15(26)20-13-7-9-31(29,30)12-13/h13H,4-12H2,1-3H3,(H,20,26)(H,22,27,28). The van der Waals surface area contributed by atoms with Crippen molar-refractivity contribution in [1.29, 1.82) is 0 Å². The number of rotatable bonds is 9. The Labute approximate surface area is 180 Å². The second-order valence-corrected chi connectivity index (χ2v) is 10.3. The summed E-state index contributed by atoms with van der Waals surface area (Å²) < 4.78 is 26.4. The number of aryl methyl sites for hydroxylation is 2. The van der Waals surface area contributed by atoms with Crippen molar-refractivity contribution in [3.8, 4) is 0 Å². The monoisotopic (exact) mass is 454 g/mol. The second-order valence-electron chi connectivity index (χ2n) is 8.05. The van der Waals surface area contributed by atoms with Crippen LogP contribution in [0.2, 0.25) is 0 Å². The first-order valence-electron chi connectivity index (χ1n) is 10.6. The number of imidazole rings is 1. The van der Waals surface area contributed by atoms with E-state index in [4.69, 9.17) is 0 Å². The molecule has 2 N–H and O–H groups in total. The molecule has 3 heterocycles. The first-order chi connectivity index (χ1) is 14.6. The lowest BCUT2D eigenvalue weighted by Gasteiger charge is -2.18. The number of hydrogen-bond donors (Lipinski definition) is 2. The molecule has 2 aromatic rings. The number of aromatic amines is 1. The molecule has 0 radical (unpaired) electrons. The number of unbranched alkanes of at least 4 members (excludes halogenated alkanes) is 1. The fraction of sp³-hybridized carbons (Fsp3) is 0.684. The Hall–Kier alpha value is -2.47. The summed E-state index contributed by atoms with van der Waals surface area (Å²) in [5, 5.41) is 2.77. The zero-order valence-electron chi connectivity index (χ0n) is 18.2. The van der Waals surface area contributed by atoms with Crippen molar-refractivity contribution in [3.63, 3.8) is 0 Å². The number of hydrogen-bond acceptors (Lipinski definition) is 7. The maximum Gasteiger partial charge on any atom is 0.330 e. The molecule has 172 valence electrons. The molecule has 1 atom stereocenters. The number of H-pyrrole nitrogens is 1. The van der Waals surface area contributed by atoms with Crippen molar-refractivity contribution in [1.82, 2.24) is 29.3 Å². The van der Waals surface area contributed by atoms with Crippen LogP contribution in [0.25, 0.3) is 11.2 Å². The van der Waals surface area contributed by atoms with Crippen LogP contribution in [0, 0.1) is 0 Å². The smallest absolute Gasteiger partial charge is 0.330 e. The van der Waals surface area contributed by atoms with Gasteiger partial charge in [-0.15, -0.1) is 0 Å². The van der Waals surface area contributed by atoms with Gasteiger partial charge in [-0.1, -0.05) is 13.3 Å². The Morgan fingerprint density at radius 1 is 1.29 bits per heavy atom. The summed E-state index contributed by atoms with van der Waals surface area (Å²) in [6, 6.07) is -0.349. The third-order valence-electron chi connectivity index (χ3n) is 5.44. The van der Waals surface area contributed by atoms with Gasteiger partial charge in [-0.05, 0) is 26.8 Å². The Morgan fingerprint density at radius 3 is 2.65 bits per heavy atom. The van der Waals surface area contributed by atoms with Crippen LogP contribution in [0.4, 0.5) is 0 Å². The molecule has 0 spiro atoms. The SMILES string of the molecule is CCCCn1c(=O)[nH]c(=O)c2c1nc(CN(C)CC(=O)NC1CCS(=O)(=O)C1)n2CC. The van der Waals surface area contributed by atoms with E-state index in [-0.39, 0.29) is 30.0 Å². The molecule has 1 saturated heterocycles. The number of aromatic nitrogens is 4. The molecule has 1 amide bonds. The zero-order chi connectivity index (χ0) is 22.8. The van der Waals surface area contributed by atoms with Gasteiger partial charge >= 0.3 is 5.69 Å². The van der Waals surface area contributed by atoms with Crippen LogP contribution in [-0.2, 0) is 34.3 Å². The summed E-state index contributed by atoms with van der Waals surface area (Å²) in [6.07, 6.45) is 2.11. The quantitative estimate of drug-likeness (QED) is 0.518. The highest BCUT2D eigenvalue weighted by Crippen LogP contribution is 2.14. The predicted molar refractivity (Wildman–Crippen MR) is 117 cm³/mol. The van der Waals surface area contributed by atoms with Crippen LogP contribution >= 0.6 is 0 Å². The number of nitrogens with zero attached hydrogens (tertiary/aromatic N) is 4. The average Bonchev–Trinajstić information content (AvgIpc) is 3.20. The van der Waals surface area contributed by atoms with Crippen molar-refractivity contribution in [2.45, 2.75) is 58.8 Å². The maximum atomic E-state index is 12.5. The Morgan fingerprint density at radius 2 is 2.03 bits per heavy atom. The van der Waals surface area contributed by atoms with Gasteiger partial charge in [0.15, 0.2) is 21.0 Å². The molecular weight excluding hydrogens is 424 g/mol. The van der Waals surface area contributed by atoms with Crippen molar-refractivity contribution in [2.75, 3.05) is 25.1 Å². The Balaban J connectivity index is 1.79. The fourth-order valence-electron chi connectivity index (χ4n) is 3.93. The molecule has 11 nitrogen and oxygen atoms in total. The van der Waals surface area contributed by atoms with Gasteiger partial charge in [-0.2, -0.15) is 0 Å². The summed E-state index contributed by atoms with van der Waals surface area (Å²) in [7, 11) is -1.31. The molecule has 1 unspecified atom stereocenters. The number of carbonyl (C=O) groups is 1. The van der Waals surface area contributed by atoms with E-state index in [0.29, 0.717) is 43.0 Å². The van der Waals surface area contributed by atoms with Gasteiger partial charge in [-0.3, -0.25) is 24.0 Å². The van der Waals surface area contributed by atoms with Gasteiger partial charge in [0.05, 0.1) is 24.6 Å². The van der Waals surface area contributed by atoms with E-state index in [1.807, 2.05) is 13.8 Å². The van der Waals surface area contributed by atoms with Crippen LogP contribution in [0.1, 0.15) is 38.9 Å². The second kappa shape index (κ2) is 9.35. The lowest BCUT2D eigenvalue weighted by atomic mass is 10.2. The largest absolute Gasteiger partial charge is 0.351 e. The van der Waals surface area contributed by atoms with Crippen LogP contribution < -0.4 is 16.6 Å². The topological polar surface area (TPSA) is 139 Å². The van der Waals surface area contributed by atoms with E-state index in [1.54, 1.807) is 16.5 Å². The Kier molecular flexibility index (Phi) is 6.99. The average molecular weight is 455 g/mol. The molecule has 0 aliphatic carbocycles. The number of nitrogens with one attached hydrogen (secondary N) is 2. The predicted octanol–water partition coefficient (Wildman–Crippen LogP) is -0.559.